The first-order valence-electron chi connectivity index (χ1n) is 5.38. The number of aryl methyl sites for hydroxylation is 1. The first-order chi connectivity index (χ1) is 6.86. The number of rotatable bonds is 5. The van der Waals surface area contributed by atoms with E-state index in [4.69, 9.17) is 6.42 Å². The molecule has 0 saturated heterocycles. The largest absolute Gasteiger partial charge is 1.00 e. The first kappa shape index (κ1) is 14.3. The standard InChI is InChI=1S/C14H17.Cu/c1-3-5-6-7-8-14-11-9-13(4-2)10-12-14;/h9-12H,3,5-8H2,1H3;/q-1;+1. The van der Waals surface area contributed by atoms with Crippen LogP contribution in [0.1, 0.15) is 43.7 Å². The van der Waals surface area contributed by atoms with E-state index in [1.165, 1.54) is 31.2 Å². The molecule has 0 amide bonds. The summed E-state index contributed by atoms with van der Waals surface area (Å²) in [7, 11) is 0. The minimum atomic E-state index is 0. The van der Waals surface area contributed by atoms with Crippen LogP contribution in [0.2, 0.25) is 0 Å². The maximum atomic E-state index is 6.96. The number of unbranched alkanes of at least 4 members (excludes halogenated alkanes) is 3. The summed E-state index contributed by atoms with van der Waals surface area (Å²) >= 11 is 0. The summed E-state index contributed by atoms with van der Waals surface area (Å²) in [6, 6.07) is 8.12. The van der Waals surface area contributed by atoms with Crippen molar-refractivity contribution in [3.63, 3.8) is 0 Å². The van der Waals surface area contributed by atoms with Crippen LogP contribution in [0, 0.1) is 12.3 Å². The molecule has 0 saturated carbocycles. The van der Waals surface area contributed by atoms with Crippen LogP contribution in [0.3, 0.4) is 0 Å². The van der Waals surface area contributed by atoms with E-state index in [9.17, 15) is 0 Å². The van der Waals surface area contributed by atoms with Gasteiger partial charge in [0, 0.05) is 0 Å². The molecule has 1 aromatic rings. The van der Waals surface area contributed by atoms with Gasteiger partial charge in [-0.3, -0.25) is 5.92 Å². The molecule has 1 rings (SSSR count). The molecule has 0 N–H and O–H groups in total. The smallest absolute Gasteiger partial charge is 0.366 e. The van der Waals surface area contributed by atoms with Crippen molar-refractivity contribution in [1.82, 2.24) is 0 Å². The zero-order valence-corrected chi connectivity index (χ0v) is 10.1. The Morgan fingerprint density at radius 3 is 2.27 bits per heavy atom. The fourth-order valence-corrected chi connectivity index (χ4v) is 1.51. The van der Waals surface area contributed by atoms with Crippen LogP contribution in [0.15, 0.2) is 24.3 Å². The Bertz CT molecular complexity index is 292. The third-order valence-corrected chi connectivity index (χ3v) is 2.42. The van der Waals surface area contributed by atoms with Crippen molar-refractivity contribution in [2.45, 2.75) is 39.0 Å². The van der Waals surface area contributed by atoms with Crippen molar-refractivity contribution in [1.29, 1.82) is 0 Å². The Labute approximate surface area is 104 Å². The molecule has 0 atom stereocenters. The van der Waals surface area contributed by atoms with Gasteiger partial charge in [0.2, 0.25) is 0 Å². The van der Waals surface area contributed by atoms with Gasteiger partial charge in [0.05, 0.1) is 0 Å². The molecule has 1 heteroatoms. The van der Waals surface area contributed by atoms with Gasteiger partial charge in [0.25, 0.3) is 0 Å². The molecule has 0 spiro atoms. The van der Waals surface area contributed by atoms with E-state index in [2.05, 4.69) is 25.0 Å². The van der Waals surface area contributed by atoms with E-state index in [1.807, 2.05) is 12.1 Å². The number of hydrogen-bond donors (Lipinski definition) is 0. The second-order valence-electron chi connectivity index (χ2n) is 3.63. The van der Waals surface area contributed by atoms with E-state index < -0.39 is 0 Å². The molecule has 0 radical (unpaired) electrons. The average Bonchev–Trinajstić information content (AvgIpc) is 2.25. The third-order valence-electron chi connectivity index (χ3n) is 2.42. The molecule has 0 fully saturated rings. The number of hydrogen-bond acceptors (Lipinski definition) is 0. The summed E-state index contributed by atoms with van der Waals surface area (Å²) in [5.41, 5.74) is 2.24. The van der Waals surface area contributed by atoms with Gasteiger partial charge in [-0.1, -0.05) is 43.9 Å². The van der Waals surface area contributed by atoms with Crippen molar-refractivity contribution in [3.05, 3.63) is 41.8 Å². The molecule has 0 aromatic heterocycles. The van der Waals surface area contributed by atoms with Gasteiger partial charge >= 0.3 is 17.1 Å². The van der Waals surface area contributed by atoms with Gasteiger partial charge in [-0.2, -0.15) is 0 Å². The topological polar surface area (TPSA) is 0 Å². The monoisotopic (exact) mass is 248 g/mol. The molecule has 0 aliphatic carbocycles. The van der Waals surface area contributed by atoms with E-state index >= 15 is 0 Å². The van der Waals surface area contributed by atoms with Crippen molar-refractivity contribution in [2.75, 3.05) is 0 Å². The summed E-state index contributed by atoms with van der Waals surface area (Å²) in [4.78, 5) is 0. The van der Waals surface area contributed by atoms with E-state index in [0.29, 0.717) is 0 Å². The minimum absolute atomic E-state index is 0. The first-order valence-corrected chi connectivity index (χ1v) is 5.38. The van der Waals surface area contributed by atoms with Crippen LogP contribution in [0.25, 0.3) is 0 Å². The maximum Gasteiger partial charge on any atom is 1.00 e. The third kappa shape index (κ3) is 5.67. The predicted octanol–water partition coefficient (Wildman–Crippen LogP) is 3.74. The van der Waals surface area contributed by atoms with Gasteiger partial charge in [-0.05, 0) is 12.8 Å². The van der Waals surface area contributed by atoms with Crippen LogP contribution in [0.4, 0.5) is 0 Å². The van der Waals surface area contributed by atoms with Gasteiger partial charge in [-0.25, -0.2) is 0 Å². The van der Waals surface area contributed by atoms with Crippen LogP contribution in [-0.4, -0.2) is 0 Å². The molecule has 15 heavy (non-hydrogen) atoms. The zero-order chi connectivity index (χ0) is 10.2. The molecule has 0 unspecified atom stereocenters. The molecule has 0 heterocycles. The summed E-state index contributed by atoms with van der Waals surface area (Å²) in [5.74, 6) is 2.38. The predicted molar refractivity (Wildman–Crippen MR) is 60.5 cm³/mol. The molecule has 0 aliphatic rings. The molecular weight excluding hydrogens is 232 g/mol. The Morgan fingerprint density at radius 2 is 1.73 bits per heavy atom. The average molecular weight is 249 g/mol. The summed E-state index contributed by atoms with van der Waals surface area (Å²) < 4.78 is 0. The normalized spacial score (nSPS) is 9.07. The quantitative estimate of drug-likeness (QED) is 0.322. The van der Waals surface area contributed by atoms with Gasteiger partial charge in [0.1, 0.15) is 0 Å². The fourth-order valence-electron chi connectivity index (χ4n) is 1.51. The molecule has 0 aliphatic heterocycles. The molecular formula is C14H17Cu. The van der Waals surface area contributed by atoms with Crippen LogP contribution >= 0.6 is 0 Å². The van der Waals surface area contributed by atoms with Crippen molar-refractivity contribution < 1.29 is 17.1 Å². The van der Waals surface area contributed by atoms with Gasteiger partial charge in [-0.15, -0.1) is 17.7 Å². The summed E-state index contributed by atoms with van der Waals surface area (Å²) in [6.07, 6.45) is 13.4. The second-order valence-corrected chi connectivity index (χ2v) is 3.63. The Kier molecular flexibility index (Phi) is 8.19. The van der Waals surface area contributed by atoms with E-state index in [-0.39, 0.29) is 17.1 Å². The van der Waals surface area contributed by atoms with E-state index in [1.54, 1.807) is 0 Å². The minimum Gasteiger partial charge on any atom is -0.366 e. The maximum absolute atomic E-state index is 6.96. The fraction of sp³-hybridized carbons (Fsp3) is 0.429. The summed E-state index contributed by atoms with van der Waals surface area (Å²) in [5, 5.41) is 0. The van der Waals surface area contributed by atoms with Crippen molar-refractivity contribution in [2.24, 2.45) is 0 Å². The van der Waals surface area contributed by atoms with Crippen LogP contribution < -0.4 is 0 Å². The number of benzene rings is 1. The Morgan fingerprint density at radius 1 is 1.07 bits per heavy atom. The Balaban J connectivity index is 0.00000196. The van der Waals surface area contributed by atoms with Crippen LogP contribution in [-0.2, 0) is 23.5 Å². The molecule has 0 bridgehead atoms. The molecule has 1 aromatic carbocycles. The van der Waals surface area contributed by atoms with Crippen molar-refractivity contribution in [3.8, 4) is 5.92 Å². The Hall–Kier alpha value is -0.701. The second kappa shape index (κ2) is 8.60. The van der Waals surface area contributed by atoms with Crippen LogP contribution in [0.5, 0.6) is 0 Å². The molecule has 0 nitrogen and oxygen atoms in total. The molecule has 84 valence electrons. The zero-order valence-electron chi connectivity index (χ0n) is 9.15. The SMILES string of the molecule is [C-]#Cc1ccc(CCCCCC)cc1.[Cu+]. The summed E-state index contributed by atoms with van der Waals surface area (Å²) in [6.45, 7) is 2.23. The van der Waals surface area contributed by atoms with E-state index in [0.717, 1.165) is 12.0 Å². The van der Waals surface area contributed by atoms with Crippen molar-refractivity contribution >= 4 is 0 Å². The van der Waals surface area contributed by atoms with Gasteiger partial charge < -0.3 is 6.42 Å². The van der Waals surface area contributed by atoms with Gasteiger partial charge in [0.15, 0.2) is 0 Å².